The average Bonchev–Trinajstić information content (AvgIpc) is 2.45. The van der Waals surface area contributed by atoms with Crippen LogP contribution in [0.4, 0.5) is 0 Å². The zero-order valence-electron chi connectivity index (χ0n) is 12.3. The Labute approximate surface area is 128 Å². The minimum absolute atomic E-state index is 0. The molecule has 0 spiro atoms. The van der Waals surface area contributed by atoms with Crippen molar-refractivity contribution in [2.45, 2.75) is 32.2 Å². The second kappa shape index (κ2) is 8.78. The monoisotopic (exact) mass is 289 g/mol. The molecule has 0 aliphatic rings. The van der Waals surface area contributed by atoms with Crippen LogP contribution >= 0.6 is 12.4 Å². The van der Waals surface area contributed by atoms with Crippen molar-refractivity contribution in [2.75, 3.05) is 6.54 Å². The van der Waals surface area contributed by atoms with Crippen molar-refractivity contribution in [3.63, 3.8) is 0 Å². The highest BCUT2D eigenvalue weighted by molar-refractivity contribution is 5.85. The lowest BCUT2D eigenvalue weighted by Crippen LogP contribution is -2.25. The van der Waals surface area contributed by atoms with Gasteiger partial charge in [0.05, 0.1) is 0 Å². The average molecular weight is 290 g/mol. The lowest BCUT2D eigenvalue weighted by molar-refractivity contribution is 0.551. The molecule has 20 heavy (non-hydrogen) atoms. The highest BCUT2D eigenvalue weighted by Crippen LogP contribution is 2.27. The summed E-state index contributed by atoms with van der Waals surface area (Å²) in [5.74, 6) is 0.480. The van der Waals surface area contributed by atoms with E-state index in [9.17, 15) is 0 Å². The number of nitrogens with one attached hydrogen (secondary N) is 1. The van der Waals surface area contributed by atoms with Gasteiger partial charge in [-0.15, -0.1) is 12.4 Å². The van der Waals surface area contributed by atoms with Crippen LogP contribution in [0.5, 0.6) is 0 Å². The molecule has 1 N–H and O–H groups in total. The van der Waals surface area contributed by atoms with Gasteiger partial charge in [-0.25, -0.2) is 0 Å². The first kappa shape index (κ1) is 16.7. The van der Waals surface area contributed by atoms with Crippen LogP contribution in [0.1, 0.15) is 37.3 Å². The van der Waals surface area contributed by atoms with Gasteiger partial charge < -0.3 is 5.32 Å². The zero-order chi connectivity index (χ0) is 13.5. The highest BCUT2D eigenvalue weighted by atomic mass is 35.5. The first-order valence-electron chi connectivity index (χ1n) is 7.10. The molecule has 0 aromatic heterocycles. The van der Waals surface area contributed by atoms with Crippen molar-refractivity contribution >= 4 is 12.4 Å². The van der Waals surface area contributed by atoms with E-state index in [0.717, 1.165) is 13.0 Å². The van der Waals surface area contributed by atoms with Gasteiger partial charge in [0.25, 0.3) is 0 Å². The van der Waals surface area contributed by atoms with Crippen molar-refractivity contribution in [3.05, 3.63) is 71.8 Å². The molecule has 0 heterocycles. The zero-order valence-corrected chi connectivity index (χ0v) is 13.1. The minimum Gasteiger partial charge on any atom is -0.314 e. The third kappa shape index (κ3) is 4.99. The molecule has 0 aliphatic heterocycles. The second-order valence-electron chi connectivity index (χ2n) is 5.27. The molecule has 0 saturated carbocycles. The fraction of sp³-hybridized carbons (Fsp3) is 0.333. The Bertz CT molecular complexity index is 428. The molecular formula is C18H24ClN. The van der Waals surface area contributed by atoms with Gasteiger partial charge in [-0.3, -0.25) is 0 Å². The summed E-state index contributed by atoms with van der Waals surface area (Å²) in [5, 5.41) is 3.52. The summed E-state index contributed by atoms with van der Waals surface area (Å²) in [6.45, 7) is 5.44. The largest absolute Gasteiger partial charge is 0.314 e. The summed E-state index contributed by atoms with van der Waals surface area (Å²) in [4.78, 5) is 0. The number of benzene rings is 2. The SMILES string of the molecule is CC(C)NCCC(c1ccccc1)c1ccccc1.Cl. The second-order valence-corrected chi connectivity index (χ2v) is 5.27. The Kier molecular flexibility index (Phi) is 7.35. The first-order chi connectivity index (χ1) is 9.27. The molecule has 2 heteroatoms. The Hall–Kier alpha value is -1.31. The normalized spacial score (nSPS) is 10.6. The molecule has 0 atom stereocenters. The first-order valence-corrected chi connectivity index (χ1v) is 7.10. The third-order valence-corrected chi connectivity index (χ3v) is 3.39. The number of rotatable bonds is 6. The lowest BCUT2D eigenvalue weighted by Gasteiger charge is -2.19. The molecule has 0 saturated heterocycles. The summed E-state index contributed by atoms with van der Waals surface area (Å²) in [6, 6.07) is 22.1. The Balaban J connectivity index is 0.00000200. The van der Waals surface area contributed by atoms with E-state index in [1.807, 2.05) is 0 Å². The smallest absolute Gasteiger partial charge is 0.0101 e. The van der Waals surface area contributed by atoms with E-state index < -0.39 is 0 Å². The van der Waals surface area contributed by atoms with Gasteiger partial charge in [0.15, 0.2) is 0 Å². The quantitative estimate of drug-likeness (QED) is 0.818. The van der Waals surface area contributed by atoms with Crippen molar-refractivity contribution in [2.24, 2.45) is 0 Å². The van der Waals surface area contributed by atoms with Crippen molar-refractivity contribution in [1.29, 1.82) is 0 Å². The van der Waals surface area contributed by atoms with Gasteiger partial charge in [0.1, 0.15) is 0 Å². The van der Waals surface area contributed by atoms with Crippen molar-refractivity contribution in [1.82, 2.24) is 5.32 Å². The topological polar surface area (TPSA) is 12.0 Å². The number of hydrogen-bond donors (Lipinski definition) is 1. The minimum atomic E-state index is 0. The molecule has 108 valence electrons. The van der Waals surface area contributed by atoms with E-state index in [-0.39, 0.29) is 12.4 Å². The predicted octanol–water partition coefficient (Wildman–Crippen LogP) is 4.63. The molecule has 0 amide bonds. The van der Waals surface area contributed by atoms with Gasteiger partial charge in [-0.05, 0) is 24.1 Å². The highest BCUT2D eigenvalue weighted by Gasteiger charge is 2.13. The van der Waals surface area contributed by atoms with Crippen molar-refractivity contribution < 1.29 is 0 Å². The molecule has 2 rings (SSSR count). The maximum Gasteiger partial charge on any atom is 0.0101 e. The standard InChI is InChI=1S/C18H23N.ClH/c1-15(2)19-14-13-18(16-9-5-3-6-10-16)17-11-7-4-8-12-17;/h3-12,15,18-19H,13-14H2,1-2H3;1H. The van der Waals surface area contributed by atoms with E-state index in [1.54, 1.807) is 0 Å². The van der Waals surface area contributed by atoms with E-state index >= 15 is 0 Å². The van der Waals surface area contributed by atoms with Gasteiger partial charge >= 0.3 is 0 Å². The fourth-order valence-electron chi connectivity index (χ4n) is 2.41. The van der Waals surface area contributed by atoms with Crippen LogP contribution in [0.2, 0.25) is 0 Å². The van der Waals surface area contributed by atoms with Crippen LogP contribution in [0, 0.1) is 0 Å². The fourth-order valence-corrected chi connectivity index (χ4v) is 2.41. The summed E-state index contributed by atoms with van der Waals surface area (Å²) < 4.78 is 0. The number of hydrogen-bond acceptors (Lipinski definition) is 1. The Morgan fingerprint density at radius 3 is 1.65 bits per heavy atom. The Morgan fingerprint density at radius 2 is 1.25 bits per heavy atom. The van der Waals surface area contributed by atoms with Crippen LogP contribution in [-0.2, 0) is 0 Å². The summed E-state index contributed by atoms with van der Waals surface area (Å²) in [5.41, 5.74) is 2.80. The molecule has 0 fully saturated rings. The molecule has 0 unspecified atom stereocenters. The summed E-state index contributed by atoms with van der Waals surface area (Å²) in [6.07, 6.45) is 1.13. The van der Waals surface area contributed by atoms with Crippen LogP contribution < -0.4 is 5.32 Å². The van der Waals surface area contributed by atoms with Gasteiger partial charge in [-0.1, -0.05) is 74.5 Å². The van der Waals surface area contributed by atoms with E-state index in [2.05, 4.69) is 79.8 Å². The van der Waals surface area contributed by atoms with E-state index in [4.69, 9.17) is 0 Å². The van der Waals surface area contributed by atoms with Gasteiger partial charge in [0, 0.05) is 12.0 Å². The molecule has 0 bridgehead atoms. The molecule has 1 nitrogen and oxygen atoms in total. The maximum absolute atomic E-state index is 3.52. The number of halogens is 1. The van der Waals surface area contributed by atoms with Crippen LogP contribution in [0.3, 0.4) is 0 Å². The Morgan fingerprint density at radius 1 is 0.800 bits per heavy atom. The van der Waals surface area contributed by atoms with Crippen molar-refractivity contribution in [3.8, 4) is 0 Å². The van der Waals surface area contributed by atoms with Gasteiger partial charge in [0.2, 0.25) is 0 Å². The summed E-state index contributed by atoms with van der Waals surface area (Å²) in [7, 11) is 0. The summed E-state index contributed by atoms with van der Waals surface area (Å²) >= 11 is 0. The predicted molar refractivity (Wildman–Crippen MR) is 89.7 cm³/mol. The van der Waals surface area contributed by atoms with E-state index in [1.165, 1.54) is 11.1 Å². The van der Waals surface area contributed by atoms with E-state index in [0.29, 0.717) is 12.0 Å². The third-order valence-electron chi connectivity index (χ3n) is 3.39. The van der Waals surface area contributed by atoms with Gasteiger partial charge in [-0.2, -0.15) is 0 Å². The molecule has 0 aliphatic carbocycles. The molecular weight excluding hydrogens is 266 g/mol. The maximum atomic E-state index is 3.52. The van der Waals surface area contributed by atoms with Crippen LogP contribution in [0.15, 0.2) is 60.7 Å². The molecule has 2 aromatic carbocycles. The van der Waals surface area contributed by atoms with Crippen LogP contribution in [-0.4, -0.2) is 12.6 Å². The molecule has 2 aromatic rings. The lowest BCUT2D eigenvalue weighted by atomic mass is 9.88. The van der Waals surface area contributed by atoms with Crippen LogP contribution in [0.25, 0.3) is 0 Å². The molecule has 0 radical (unpaired) electrons.